The Bertz CT molecular complexity index is 3340. The molecule has 70 heavy (non-hydrogen) atoms. The van der Waals surface area contributed by atoms with Gasteiger partial charge in [-0.05, 0) is 106 Å². The molecule has 0 saturated carbocycles. The molecule has 0 radical (unpaired) electrons. The van der Waals surface area contributed by atoms with Crippen LogP contribution >= 0.6 is 0 Å². The third kappa shape index (κ3) is 8.10. The molecule has 10 rings (SSSR count). The van der Waals surface area contributed by atoms with Crippen molar-refractivity contribution in [2.24, 2.45) is 0 Å². The maximum Gasteiger partial charge on any atom is 0.416 e. The van der Waals surface area contributed by atoms with Gasteiger partial charge < -0.3 is 9.67 Å². The number of nitrogens with zero attached hydrogens (tertiary/aromatic N) is 2. The van der Waals surface area contributed by atoms with Crippen molar-refractivity contribution < 1.29 is 62.6 Å². The van der Waals surface area contributed by atoms with Crippen LogP contribution in [0.1, 0.15) is 44.4 Å². The molecule has 16 heteroatoms. The molecule has 8 aromatic carbocycles. The van der Waals surface area contributed by atoms with Crippen LogP contribution in [0, 0.1) is 0 Å². The van der Waals surface area contributed by atoms with Crippen LogP contribution in [0.3, 0.4) is 0 Å². The first-order valence-corrected chi connectivity index (χ1v) is 21.1. The van der Waals surface area contributed by atoms with Crippen molar-refractivity contribution in [1.29, 1.82) is 0 Å². The SMILES string of the molecule is O=C1c2cccc(-n3c4cc(-c5cc(C(F)(F)F)cc(C(F)(F)F)c5)ccc4c4ccc(-c5cc(C(F)(F)F)cc(C(F)(F)F)c5)cc43)c2C(O)N1c1cc(-c2ccccc2)ccc1-c1ccccc1. The highest BCUT2D eigenvalue weighted by molar-refractivity contribution is 6.15. The first-order valence-electron chi connectivity index (χ1n) is 21.1. The normalized spacial score (nSPS) is 14.5. The Hall–Kier alpha value is -7.85. The van der Waals surface area contributed by atoms with Crippen LogP contribution in [0.2, 0.25) is 0 Å². The molecule has 0 aliphatic carbocycles. The number of halogens is 12. The van der Waals surface area contributed by atoms with Gasteiger partial charge >= 0.3 is 24.7 Å². The molecule has 4 nitrogen and oxygen atoms in total. The highest BCUT2D eigenvalue weighted by Crippen LogP contribution is 2.48. The second-order valence-corrected chi connectivity index (χ2v) is 16.6. The predicted molar refractivity (Wildman–Crippen MR) is 241 cm³/mol. The van der Waals surface area contributed by atoms with Crippen LogP contribution in [0.15, 0.2) is 170 Å². The van der Waals surface area contributed by atoms with Crippen LogP contribution in [0.4, 0.5) is 58.4 Å². The molecule has 0 bridgehead atoms. The Balaban J connectivity index is 1.23. The maximum absolute atomic E-state index is 14.8. The van der Waals surface area contributed by atoms with Gasteiger partial charge in [0.15, 0.2) is 6.23 Å². The van der Waals surface area contributed by atoms with Crippen molar-refractivity contribution in [2.45, 2.75) is 30.9 Å². The van der Waals surface area contributed by atoms with Crippen molar-refractivity contribution in [3.8, 4) is 50.2 Å². The zero-order valence-electron chi connectivity index (χ0n) is 35.5. The van der Waals surface area contributed by atoms with Crippen LogP contribution in [-0.2, 0) is 24.7 Å². The minimum absolute atomic E-state index is 0.0110. The van der Waals surface area contributed by atoms with E-state index in [4.69, 9.17) is 0 Å². The molecule has 0 fully saturated rings. The quantitative estimate of drug-likeness (QED) is 0.169. The smallest absolute Gasteiger partial charge is 0.369 e. The Morgan fingerprint density at radius 3 is 1.26 bits per heavy atom. The Morgan fingerprint density at radius 1 is 0.371 bits per heavy atom. The first-order chi connectivity index (χ1) is 33.1. The van der Waals surface area contributed by atoms with Gasteiger partial charge in [0, 0.05) is 27.5 Å². The number of amides is 1. The average molecular weight is 967 g/mol. The van der Waals surface area contributed by atoms with Gasteiger partial charge in [-0.25, -0.2) is 0 Å². The van der Waals surface area contributed by atoms with E-state index in [9.17, 15) is 62.6 Å². The van der Waals surface area contributed by atoms with Crippen LogP contribution in [0.5, 0.6) is 0 Å². The fourth-order valence-electron chi connectivity index (χ4n) is 9.10. The molecular weight excluding hydrogens is 937 g/mol. The molecule has 9 aromatic rings. The number of fused-ring (bicyclic) bond motifs is 4. The summed E-state index contributed by atoms with van der Waals surface area (Å²) in [6, 6.07) is 38.0. The first kappa shape index (κ1) is 45.9. The van der Waals surface area contributed by atoms with Gasteiger partial charge in [-0.3, -0.25) is 9.69 Å². The summed E-state index contributed by atoms with van der Waals surface area (Å²) >= 11 is 0. The molecular formula is C54H30F12N2O2. The van der Waals surface area contributed by atoms with Gasteiger partial charge in [-0.1, -0.05) is 103 Å². The topological polar surface area (TPSA) is 45.5 Å². The molecule has 352 valence electrons. The molecule has 1 atom stereocenters. The van der Waals surface area contributed by atoms with E-state index in [0.29, 0.717) is 51.7 Å². The lowest BCUT2D eigenvalue weighted by Crippen LogP contribution is -2.28. The van der Waals surface area contributed by atoms with E-state index in [2.05, 4.69) is 0 Å². The second kappa shape index (κ2) is 16.4. The standard InChI is InChI=1S/C54H30F12N2O2/c55-51(56,57)36-20-34(21-37(27-36)52(58,59)60)32-15-18-41-42-19-16-33(35-22-38(53(61,62)63)28-39(23-35)54(64,65)66)26-47(42)67(46(41)25-32)44-13-7-12-43-48(44)50(70)68(49(43)69)45-24-31(29-8-3-1-4-9-29)14-17-40(45)30-10-5-2-6-11-30/h1-28,50,70H. The number of aliphatic hydroxyl groups excluding tert-OH is 1. The number of aromatic nitrogens is 1. The van der Waals surface area contributed by atoms with Crippen molar-refractivity contribution in [3.63, 3.8) is 0 Å². The van der Waals surface area contributed by atoms with Gasteiger partial charge in [0.05, 0.1) is 44.7 Å². The number of benzene rings is 8. The summed E-state index contributed by atoms with van der Waals surface area (Å²) in [6.45, 7) is 0. The van der Waals surface area contributed by atoms with Crippen LogP contribution in [-0.4, -0.2) is 15.6 Å². The molecule has 1 amide bonds. The third-order valence-electron chi connectivity index (χ3n) is 12.3. The number of hydrogen-bond donors (Lipinski definition) is 1. The summed E-state index contributed by atoms with van der Waals surface area (Å²) in [5, 5.41) is 13.2. The number of rotatable bonds is 6. The minimum Gasteiger partial charge on any atom is -0.369 e. The van der Waals surface area contributed by atoms with Crippen molar-refractivity contribution in [2.75, 3.05) is 4.90 Å². The van der Waals surface area contributed by atoms with Gasteiger partial charge in [0.1, 0.15) is 0 Å². The third-order valence-corrected chi connectivity index (χ3v) is 12.3. The monoisotopic (exact) mass is 966 g/mol. The fraction of sp³-hybridized carbons (Fsp3) is 0.0926. The van der Waals surface area contributed by atoms with Gasteiger partial charge in [-0.15, -0.1) is 0 Å². The molecule has 1 aromatic heterocycles. The molecule has 1 aliphatic rings. The summed E-state index contributed by atoms with van der Waals surface area (Å²) in [5.41, 5.74) is -4.44. The van der Waals surface area contributed by atoms with Gasteiger partial charge in [0.25, 0.3) is 5.91 Å². The van der Waals surface area contributed by atoms with Gasteiger partial charge in [0.2, 0.25) is 0 Å². The Morgan fingerprint density at radius 2 is 0.800 bits per heavy atom. The van der Waals surface area contributed by atoms with Gasteiger partial charge in [-0.2, -0.15) is 52.7 Å². The van der Waals surface area contributed by atoms with E-state index < -0.39 is 70.2 Å². The lowest BCUT2D eigenvalue weighted by Gasteiger charge is -2.26. The summed E-state index contributed by atoms with van der Waals surface area (Å²) in [4.78, 5) is 16.0. The summed E-state index contributed by atoms with van der Waals surface area (Å²) in [6.07, 6.45) is -22.6. The molecule has 0 spiro atoms. The lowest BCUT2D eigenvalue weighted by molar-refractivity contribution is -0.144. The average Bonchev–Trinajstić information content (AvgIpc) is 3.79. The predicted octanol–water partition coefficient (Wildman–Crippen LogP) is 16.2. The number of carbonyl (C=O) groups is 1. The second-order valence-electron chi connectivity index (χ2n) is 16.6. The summed E-state index contributed by atoms with van der Waals surface area (Å²) in [5.74, 6) is -0.666. The largest absolute Gasteiger partial charge is 0.416 e. The molecule has 2 heterocycles. The number of hydrogen-bond acceptors (Lipinski definition) is 2. The zero-order valence-corrected chi connectivity index (χ0v) is 35.5. The summed E-state index contributed by atoms with van der Waals surface area (Å²) in [7, 11) is 0. The molecule has 0 saturated heterocycles. The van der Waals surface area contributed by atoms with E-state index >= 15 is 0 Å². The Kier molecular flexibility index (Phi) is 10.8. The van der Waals surface area contributed by atoms with E-state index in [-0.39, 0.29) is 56.8 Å². The number of aliphatic hydroxyl groups is 1. The van der Waals surface area contributed by atoms with Crippen molar-refractivity contribution in [3.05, 3.63) is 203 Å². The van der Waals surface area contributed by atoms with E-state index in [1.165, 1.54) is 64.1 Å². The number of alkyl halides is 12. The van der Waals surface area contributed by atoms with Crippen molar-refractivity contribution >= 4 is 33.4 Å². The lowest BCUT2D eigenvalue weighted by atomic mass is 9.97. The molecule has 1 unspecified atom stereocenters. The summed E-state index contributed by atoms with van der Waals surface area (Å²) < 4.78 is 171. The zero-order chi connectivity index (χ0) is 49.7. The van der Waals surface area contributed by atoms with Crippen LogP contribution in [0.25, 0.3) is 72.0 Å². The van der Waals surface area contributed by atoms with E-state index in [0.717, 1.165) is 5.56 Å². The molecule has 1 N–H and O–H groups in total. The van der Waals surface area contributed by atoms with E-state index in [1.54, 1.807) is 30.3 Å². The number of carbonyl (C=O) groups excluding carboxylic acids is 1. The number of anilines is 1. The Labute approximate surface area is 388 Å². The maximum atomic E-state index is 14.8. The minimum atomic E-state index is -5.19. The highest BCUT2D eigenvalue weighted by atomic mass is 19.4. The molecule has 1 aliphatic heterocycles. The highest BCUT2D eigenvalue weighted by Gasteiger charge is 2.42. The van der Waals surface area contributed by atoms with E-state index in [1.807, 2.05) is 48.5 Å². The van der Waals surface area contributed by atoms with Crippen LogP contribution < -0.4 is 4.90 Å². The fourth-order valence-corrected chi connectivity index (χ4v) is 9.10. The van der Waals surface area contributed by atoms with Crippen molar-refractivity contribution in [1.82, 2.24) is 4.57 Å².